The SMILES string of the molecule is COc1ccc2c(Nc3cccc(C(F)(F)F)c3)noc2c1C#Cc1cnc2cccnn12. The van der Waals surface area contributed by atoms with Gasteiger partial charge in [0, 0.05) is 11.9 Å². The number of aromatic nitrogens is 4. The number of ether oxygens (including phenoxy) is 1. The van der Waals surface area contributed by atoms with E-state index in [4.69, 9.17) is 9.26 Å². The Morgan fingerprint density at radius 2 is 1.97 bits per heavy atom. The molecule has 0 fully saturated rings. The molecule has 0 aliphatic heterocycles. The average molecular weight is 449 g/mol. The molecule has 3 aromatic heterocycles. The molecule has 0 aliphatic rings. The Labute approximate surface area is 184 Å². The first-order valence-electron chi connectivity index (χ1n) is 9.65. The minimum Gasteiger partial charge on any atom is -0.495 e. The molecule has 0 spiro atoms. The van der Waals surface area contributed by atoms with E-state index < -0.39 is 11.7 Å². The van der Waals surface area contributed by atoms with Gasteiger partial charge in [0.2, 0.25) is 0 Å². The van der Waals surface area contributed by atoms with Crippen LogP contribution >= 0.6 is 0 Å². The Morgan fingerprint density at radius 3 is 2.79 bits per heavy atom. The lowest BCUT2D eigenvalue weighted by molar-refractivity contribution is -0.137. The van der Waals surface area contributed by atoms with Crippen molar-refractivity contribution in [3.63, 3.8) is 0 Å². The molecule has 0 saturated carbocycles. The maximum atomic E-state index is 13.0. The highest BCUT2D eigenvalue weighted by molar-refractivity contribution is 5.95. The Morgan fingerprint density at radius 1 is 1.09 bits per heavy atom. The largest absolute Gasteiger partial charge is 0.495 e. The van der Waals surface area contributed by atoms with Crippen LogP contribution in [0.5, 0.6) is 5.75 Å². The number of nitrogens with one attached hydrogen (secondary N) is 1. The van der Waals surface area contributed by atoms with E-state index in [0.29, 0.717) is 33.6 Å². The van der Waals surface area contributed by atoms with Gasteiger partial charge in [0.25, 0.3) is 0 Å². The maximum absolute atomic E-state index is 13.0. The number of hydrogen-bond donors (Lipinski definition) is 1. The lowest BCUT2D eigenvalue weighted by atomic mass is 10.1. The van der Waals surface area contributed by atoms with Crippen LogP contribution in [0.1, 0.15) is 16.8 Å². The molecule has 3 heterocycles. The molecule has 0 aliphatic carbocycles. The van der Waals surface area contributed by atoms with E-state index in [-0.39, 0.29) is 11.5 Å². The predicted octanol–water partition coefficient (Wildman–Crippen LogP) is 5.04. The van der Waals surface area contributed by atoms with Crippen LogP contribution in [0.15, 0.2) is 65.4 Å². The number of nitrogens with zero attached hydrogens (tertiary/aromatic N) is 4. The highest BCUT2D eigenvalue weighted by Crippen LogP contribution is 2.35. The second-order valence-electron chi connectivity index (χ2n) is 6.94. The third-order valence-corrected chi connectivity index (χ3v) is 4.87. The van der Waals surface area contributed by atoms with Crippen molar-refractivity contribution >= 4 is 28.1 Å². The van der Waals surface area contributed by atoms with Crippen molar-refractivity contribution in [3.05, 3.63) is 77.7 Å². The van der Waals surface area contributed by atoms with Crippen molar-refractivity contribution in [2.45, 2.75) is 6.18 Å². The van der Waals surface area contributed by atoms with Gasteiger partial charge in [0.15, 0.2) is 17.0 Å². The van der Waals surface area contributed by atoms with Crippen LogP contribution in [-0.4, -0.2) is 26.9 Å². The van der Waals surface area contributed by atoms with Gasteiger partial charge in [-0.05, 0) is 48.4 Å². The molecule has 0 atom stereocenters. The molecule has 164 valence electrons. The van der Waals surface area contributed by atoms with E-state index in [1.807, 2.05) is 6.07 Å². The van der Waals surface area contributed by atoms with E-state index in [1.54, 1.807) is 35.1 Å². The molecule has 5 aromatic rings. The molecule has 10 heteroatoms. The molecule has 33 heavy (non-hydrogen) atoms. The number of imidazole rings is 1. The topological polar surface area (TPSA) is 77.5 Å². The van der Waals surface area contributed by atoms with Gasteiger partial charge in [0.1, 0.15) is 17.0 Å². The monoisotopic (exact) mass is 449 g/mol. The first kappa shape index (κ1) is 20.4. The number of hydrogen-bond acceptors (Lipinski definition) is 6. The molecule has 5 rings (SSSR count). The summed E-state index contributed by atoms with van der Waals surface area (Å²) in [5.41, 5.74) is 1.43. The van der Waals surface area contributed by atoms with Crippen LogP contribution in [0.4, 0.5) is 24.7 Å². The smallest absolute Gasteiger partial charge is 0.416 e. The quantitative estimate of drug-likeness (QED) is 0.389. The minimum absolute atomic E-state index is 0.222. The van der Waals surface area contributed by atoms with Crippen LogP contribution in [-0.2, 0) is 6.18 Å². The van der Waals surface area contributed by atoms with Gasteiger partial charge in [-0.1, -0.05) is 17.1 Å². The van der Waals surface area contributed by atoms with Gasteiger partial charge in [0.05, 0.1) is 24.3 Å². The number of rotatable bonds is 3. The van der Waals surface area contributed by atoms with Crippen molar-refractivity contribution in [1.82, 2.24) is 19.8 Å². The standard InChI is InChI=1S/C23H14F3N5O2/c1-32-19-10-9-18-21(17(19)8-7-16-13-27-20-6-3-11-28-31(16)20)33-30-22(18)29-15-5-2-4-14(12-15)23(24,25)26/h2-6,9-13H,1H3,(H,29,30). The summed E-state index contributed by atoms with van der Waals surface area (Å²) in [5, 5.41) is 11.6. The van der Waals surface area contributed by atoms with Gasteiger partial charge in [-0.3, -0.25) is 0 Å². The molecule has 0 radical (unpaired) electrons. The van der Waals surface area contributed by atoms with Gasteiger partial charge in [-0.25, -0.2) is 9.50 Å². The summed E-state index contributed by atoms with van der Waals surface area (Å²) in [7, 11) is 1.50. The van der Waals surface area contributed by atoms with Crippen LogP contribution in [0.3, 0.4) is 0 Å². The zero-order valence-electron chi connectivity index (χ0n) is 17.0. The summed E-state index contributed by atoms with van der Waals surface area (Å²) >= 11 is 0. The third-order valence-electron chi connectivity index (χ3n) is 4.87. The Balaban J connectivity index is 1.55. The van der Waals surface area contributed by atoms with Gasteiger partial charge >= 0.3 is 6.18 Å². The van der Waals surface area contributed by atoms with Crippen molar-refractivity contribution in [1.29, 1.82) is 0 Å². The Kier molecular flexibility index (Phi) is 4.86. The summed E-state index contributed by atoms with van der Waals surface area (Å²) in [6.45, 7) is 0. The van der Waals surface area contributed by atoms with Gasteiger partial charge < -0.3 is 14.6 Å². The number of anilines is 2. The zero-order valence-corrected chi connectivity index (χ0v) is 17.0. The number of methoxy groups -OCH3 is 1. The molecule has 1 N–H and O–H groups in total. The van der Waals surface area contributed by atoms with E-state index in [9.17, 15) is 13.2 Å². The summed E-state index contributed by atoms with van der Waals surface area (Å²) in [4.78, 5) is 4.25. The fourth-order valence-corrected chi connectivity index (χ4v) is 3.32. The van der Waals surface area contributed by atoms with Gasteiger partial charge in [-0.2, -0.15) is 18.3 Å². The van der Waals surface area contributed by atoms with Crippen LogP contribution in [0, 0.1) is 11.8 Å². The summed E-state index contributed by atoms with van der Waals surface area (Å²) < 4.78 is 51.6. The van der Waals surface area contributed by atoms with Crippen LogP contribution in [0.25, 0.3) is 16.6 Å². The van der Waals surface area contributed by atoms with E-state index in [0.717, 1.165) is 12.1 Å². The van der Waals surface area contributed by atoms with Crippen LogP contribution < -0.4 is 10.1 Å². The van der Waals surface area contributed by atoms with Crippen LogP contribution in [0.2, 0.25) is 0 Å². The summed E-state index contributed by atoms with van der Waals surface area (Å²) in [6.07, 6.45) is -1.22. The predicted molar refractivity (Wildman–Crippen MR) is 114 cm³/mol. The second-order valence-corrected chi connectivity index (χ2v) is 6.94. The normalized spacial score (nSPS) is 11.4. The first-order chi connectivity index (χ1) is 15.9. The number of halogens is 3. The minimum atomic E-state index is -4.45. The third kappa shape index (κ3) is 3.80. The van der Waals surface area contributed by atoms with Crippen molar-refractivity contribution in [3.8, 4) is 17.6 Å². The molecular formula is C23H14F3N5O2. The fourth-order valence-electron chi connectivity index (χ4n) is 3.32. The van der Waals surface area contributed by atoms with E-state index in [1.165, 1.54) is 19.2 Å². The van der Waals surface area contributed by atoms with E-state index in [2.05, 4.69) is 32.4 Å². The molecule has 0 saturated heterocycles. The molecule has 0 bridgehead atoms. The summed E-state index contributed by atoms with van der Waals surface area (Å²) in [6, 6.07) is 11.8. The van der Waals surface area contributed by atoms with Crippen molar-refractivity contribution in [2.75, 3.05) is 12.4 Å². The highest BCUT2D eigenvalue weighted by Gasteiger charge is 2.30. The molecular weight excluding hydrogens is 435 g/mol. The molecule has 7 nitrogen and oxygen atoms in total. The lowest BCUT2D eigenvalue weighted by Gasteiger charge is -2.09. The lowest BCUT2D eigenvalue weighted by Crippen LogP contribution is -2.05. The molecule has 2 aromatic carbocycles. The van der Waals surface area contributed by atoms with Crippen molar-refractivity contribution in [2.24, 2.45) is 0 Å². The highest BCUT2D eigenvalue weighted by atomic mass is 19.4. The average Bonchev–Trinajstić information content (AvgIpc) is 3.41. The maximum Gasteiger partial charge on any atom is 0.416 e. The number of alkyl halides is 3. The zero-order chi connectivity index (χ0) is 23.0. The number of benzene rings is 2. The first-order valence-corrected chi connectivity index (χ1v) is 9.65. The second kappa shape index (κ2) is 7.87. The molecule has 0 amide bonds. The van der Waals surface area contributed by atoms with Gasteiger partial charge in [-0.15, -0.1) is 0 Å². The fraction of sp³-hybridized carbons (Fsp3) is 0.0870. The number of fused-ring (bicyclic) bond motifs is 2. The van der Waals surface area contributed by atoms with E-state index >= 15 is 0 Å². The molecule has 0 unspecified atom stereocenters. The van der Waals surface area contributed by atoms with Crippen molar-refractivity contribution < 1.29 is 22.4 Å². The Bertz CT molecular complexity index is 1540. The Hall–Kier alpha value is -4.52. The summed E-state index contributed by atoms with van der Waals surface area (Å²) in [5.74, 6) is 6.74.